The Hall–Kier alpha value is -5.45. The first-order chi connectivity index (χ1) is 38.0. The number of carboxylic acid groups (broad SMARTS) is 1. The number of carbonyl (C=O) groups excluding carboxylic acids is 4. The van der Waals surface area contributed by atoms with E-state index in [2.05, 4.69) is 4.98 Å². The van der Waals surface area contributed by atoms with E-state index in [4.69, 9.17) is 125 Å². The molecule has 4 N–H and O–H groups in total. The Labute approximate surface area is 524 Å². The van der Waals surface area contributed by atoms with Crippen LogP contribution < -0.4 is 5.73 Å². The van der Waals surface area contributed by atoms with Gasteiger partial charge in [0.1, 0.15) is 11.2 Å². The number of nitrogens with two attached hydrogens (primary N) is 1. The second kappa shape index (κ2) is 29.4. The van der Waals surface area contributed by atoms with Crippen LogP contribution >= 0.6 is 117 Å². The maximum Gasteiger partial charge on any atom is 0.306 e. The van der Waals surface area contributed by atoms with E-state index in [1.54, 1.807) is 115 Å². The number of aromatic amines is 1. The van der Waals surface area contributed by atoms with Crippen molar-refractivity contribution in [3.05, 3.63) is 173 Å². The lowest BCUT2D eigenvalue weighted by molar-refractivity contribution is -0.157. The molecule has 0 amide bonds. The number of H-pyrrole nitrogens is 1. The van der Waals surface area contributed by atoms with Crippen molar-refractivity contribution in [2.75, 3.05) is 6.54 Å². The third kappa shape index (κ3) is 18.5. The highest BCUT2D eigenvalue weighted by molar-refractivity contribution is 6.43. The number of nitrogens with one attached hydrogen (secondary N) is 1. The molecule has 9 rings (SSSR count). The summed E-state index contributed by atoms with van der Waals surface area (Å²) in [4.78, 5) is 61.0. The van der Waals surface area contributed by atoms with Crippen molar-refractivity contribution in [3.63, 3.8) is 0 Å². The van der Waals surface area contributed by atoms with Gasteiger partial charge in [-0.15, -0.1) is 12.4 Å². The van der Waals surface area contributed by atoms with Gasteiger partial charge >= 0.3 is 17.9 Å². The van der Waals surface area contributed by atoms with Crippen molar-refractivity contribution < 1.29 is 38.6 Å². The van der Waals surface area contributed by atoms with E-state index in [0.717, 1.165) is 60.6 Å². The van der Waals surface area contributed by atoms with Crippen molar-refractivity contribution in [1.29, 1.82) is 0 Å². The van der Waals surface area contributed by atoms with E-state index in [1.165, 1.54) is 9.13 Å². The largest absolute Gasteiger partial charge is 0.481 e. The molecular weight excluding hydrogens is 1260 g/mol. The highest BCUT2D eigenvalue weighted by Gasteiger charge is 2.22. The van der Waals surface area contributed by atoms with Gasteiger partial charge in [-0.2, -0.15) is 0 Å². The fourth-order valence-corrected chi connectivity index (χ4v) is 9.43. The molecule has 3 aromatic heterocycles. The van der Waals surface area contributed by atoms with Crippen molar-refractivity contribution in [1.82, 2.24) is 14.1 Å². The van der Waals surface area contributed by atoms with Crippen molar-refractivity contribution in [2.24, 2.45) is 5.73 Å². The van der Waals surface area contributed by atoms with Gasteiger partial charge in [0.15, 0.2) is 0 Å². The van der Waals surface area contributed by atoms with Gasteiger partial charge < -0.3 is 25.3 Å². The molecule has 22 heteroatoms. The van der Waals surface area contributed by atoms with Crippen LogP contribution in [0.4, 0.5) is 0 Å². The van der Waals surface area contributed by atoms with E-state index in [9.17, 15) is 24.0 Å². The molecule has 82 heavy (non-hydrogen) atoms. The lowest BCUT2D eigenvalue weighted by Gasteiger charge is -2.19. The molecule has 3 heterocycles. The molecule has 0 unspecified atom stereocenters. The second-order valence-electron chi connectivity index (χ2n) is 20.0. The summed E-state index contributed by atoms with van der Waals surface area (Å²) < 4.78 is 13.2. The van der Waals surface area contributed by atoms with Crippen LogP contribution in [0, 0.1) is 0 Å². The van der Waals surface area contributed by atoms with Crippen LogP contribution in [0.3, 0.4) is 0 Å². The molecule has 0 spiro atoms. The summed E-state index contributed by atoms with van der Waals surface area (Å²) in [5.41, 5.74) is 12.2. The number of fused-ring (bicyclic) bond motifs is 3. The van der Waals surface area contributed by atoms with Gasteiger partial charge in [-0.3, -0.25) is 33.1 Å². The molecule has 0 aliphatic rings. The smallest absolute Gasteiger partial charge is 0.306 e. The molecule has 9 aromatic rings. The first kappa shape index (κ1) is 67.3. The number of aliphatic carboxylic acids is 1. The van der Waals surface area contributed by atoms with Crippen molar-refractivity contribution in [3.8, 4) is 33.4 Å². The summed E-state index contributed by atoms with van der Waals surface area (Å²) in [7, 11) is 0. The number of esters is 2. The number of ether oxygens (including phenoxy) is 2. The topological polar surface area (TPSA) is 176 Å². The highest BCUT2D eigenvalue weighted by atomic mass is 35.5. The number of hydrogen-bond acceptors (Lipinski definition) is 8. The average molecular weight is 1310 g/mol. The minimum Gasteiger partial charge on any atom is -0.481 e. The minimum absolute atomic E-state index is 0. The summed E-state index contributed by atoms with van der Waals surface area (Å²) in [5, 5.41) is 15.7. The van der Waals surface area contributed by atoms with Crippen LogP contribution in [0.2, 0.25) is 45.2 Å². The maximum atomic E-state index is 12.9. The van der Waals surface area contributed by atoms with Gasteiger partial charge in [-0.05, 0) is 149 Å². The first-order valence-electron chi connectivity index (χ1n) is 24.7. The average Bonchev–Trinajstić information content (AvgIpc) is 4.26. The molecule has 0 saturated carbocycles. The van der Waals surface area contributed by atoms with Gasteiger partial charge in [0, 0.05) is 78.4 Å². The quantitative estimate of drug-likeness (QED) is 0.113. The minimum atomic E-state index is -0.985. The number of aromatic nitrogens is 3. The summed E-state index contributed by atoms with van der Waals surface area (Å²) in [6, 6.07) is 32.6. The predicted molar refractivity (Wildman–Crippen MR) is 339 cm³/mol. The Morgan fingerprint density at radius 1 is 0.476 bits per heavy atom. The monoisotopic (exact) mass is 1310 g/mol. The third-order valence-corrected chi connectivity index (χ3v) is 14.4. The van der Waals surface area contributed by atoms with Crippen molar-refractivity contribution in [2.45, 2.75) is 78.4 Å². The van der Waals surface area contributed by atoms with Gasteiger partial charge in [-0.1, -0.05) is 123 Å². The van der Waals surface area contributed by atoms with E-state index >= 15 is 0 Å². The summed E-state index contributed by atoms with van der Waals surface area (Å²) in [6.45, 7) is 10.5. The van der Waals surface area contributed by atoms with Gasteiger partial charge in [0.2, 0.25) is 11.8 Å². The lowest BCUT2D eigenvalue weighted by Crippen LogP contribution is -2.24. The second-order valence-corrected chi connectivity index (χ2v) is 23.7. The van der Waals surface area contributed by atoms with E-state index in [1.807, 2.05) is 54.7 Å². The summed E-state index contributed by atoms with van der Waals surface area (Å²) in [5.74, 6) is -2.27. The molecule has 0 radical (unpaired) electrons. The maximum absolute atomic E-state index is 12.9. The van der Waals surface area contributed by atoms with Gasteiger partial charge in [-0.25, -0.2) is 0 Å². The Bertz CT molecular complexity index is 3820. The number of halogens is 10. The van der Waals surface area contributed by atoms with Crippen LogP contribution in [0.25, 0.3) is 66.1 Å². The van der Waals surface area contributed by atoms with Crippen molar-refractivity contribution >= 4 is 179 Å². The third-order valence-electron chi connectivity index (χ3n) is 11.5. The fourth-order valence-electron chi connectivity index (χ4n) is 8.02. The number of benzene rings is 6. The molecule has 0 bridgehead atoms. The highest BCUT2D eigenvalue weighted by Crippen LogP contribution is 2.38. The number of carbonyl (C=O) groups is 5. The number of carboxylic acids is 1. The Kier molecular flexibility index (Phi) is 24.1. The standard InChI is InChI=1S/C22H20Cl3NO3.C16H11Cl3N2O.C14H8Cl3N.C8H14O4.ClH/c1-22(2,3)29-21(28)9-8-20(27)26-12-16(13-4-6-17(24)18(25)10-13)15-11-14(23)5-7-19(15)26;17-10-2-4-15-11(6-10)12(8-21(15)16(22)7-20)9-1-3-13(18)14(19)5-9;15-9-2-4-14-10(6-9)11(7-18-14)8-1-3-12(16)13(17)5-8;1-8(2,3)12-7(11)5-4-6(9)10;/h4-7,10-12H,8-9H2,1-3H3;1-6,8H,7,20H2;1-7,18H;4-5H2,1-3H3,(H,9,10);1H. The Morgan fingerprint density at radius 2 is 0.854 bits per heavy atom. The van der Waals surface area contributed by atoms with Crippen LogP contribution in [-0.4, -0.2) is 66.7 Å². The zero-order valence-corrected chi connectivity index (χ0v) is 52.4. The first-order valence-corrected chi connectivity index (χ1v) is 28.1. The number of hydrogen-bond donors (Lipinski definition) is 3. The molecule has 6 aromatic carbocycles. The molecule has 12 nitrogen and oxygen atoms in total. The number of nitrogens with zero attached hydrogens (tertiary/aromatic N) is 2. The number of rotatable bonds is 10. The van der Waals surface area contributed by atoms with Gasteiger partial charge in [0.25, 0.3) is 0 Å². The molecular formula is C60H54Cl10N4O8. The predicted octanol–water partition coefficient (Wildman–Crippen LogP) is 19.3. The van der Waals surface area contributed by atoms with Crippen LogP contribution in [0.15, 0.2) is 128 Å². The van der Waals surface area contributed by atoms with E-state index in [-0.39, 0.29) is 56.4 Å². The fraction of sp³-hybridized carbons (Fsp3) is 0.217. The molecule has 0 aliphatic carbocycles. The Morgan fingerprint density at radius 3 is 1.24 bits per heavy atom. The van der Waals surface area contributed by atoms with Crippen LogP contribution in [-0.2, 0) is 23.9 Å². The van der Waals surface area contributed by atoms with Crippen LogP contribution in [0.1, 0.15) is 76.8 Å². The molecule has 0 aliphatic heterocycles. The molecule has 0 atom stereocenters. The SMILES string of the molecule is CC(C)(C)OC(=O)CCC(=O)O.CC(C)(C)OC(=O)CCC(=O)n1cc(-c2ccc(Cl)c(Cl)c2)c2cc(Cl)ccc21.Cl.Clc1ccc2[nH]cc(-c3ccc(Cl)c(Cl)c3)c2c1.NCC(=O)n1cc(-c2ccc(Cl)c(Cl)c2)c2cc(Cl)ccc21. The van der Waals surface area contributed by atoms with Crippen LogP contribution in [0.5, 0.6) is 0 Å². The molecule has 0 fully saturated rings. The summed E-state index contributed by atoms with van der Waals surface area (Å²) >= 11 is 54.5. The normalized spacial score (nSPS) is 11.1. The van der Waals surface area contributed by atoms with Gasteiger partial charge in [0.05, 0.1) is 67.0 Å². The summed E-state index contributed by atoms with van der Waals surface area (Å²) in [6.07, 6.45) is 5.23. The molecule has 432 valence electrons. The Balaban J connectivity index is 0.000000208. The zero-order chi connectivity index (χ0) is 59.7. The molecule has 0 saturated heterocycles. The lowest BCUT2D eigenvalue weighted by atomic mass is 10.1. The van der Waals surface area contributed by atoms with E-state index in [0.29, 0.717) is 50.7 Å². The zero-order valence-electron chi connectivity index (χ0n) is 44.7. The van der Waals surface area contributed by atoms with E-state index < -0.39 is 29.1 Å².